The highest BCUT2D eigenvalue weighted by Gasteiger charge is 2.29. The fourth-order valence-electron chi connectivity index (χ4n) is 3.66. The van der Waals surface area contributed by atoms with Crippen LogP contribution in [-0.2, 0) is 0 Å². The lowest BCUT2D eigenvalue weighted by Crippen LogP contribution is -2.32. The van der Waals surface area contributed by atoms with E-state index in [0.29, 0.717) is 16.6 Å². The quantitative estimate of drug-likeness (QED) is 0.775. The number of aryl methyl sites for hydroxylation is 1. The van der Waals surface area contributed by atoms with Crippen molar-refractivity contribution in [2.45, 2.75) is 26.7 Å². The molecule has 0 radical (unpaired) electrons. The zero-order chi connectivity index (χ0) is 18.7. The lowest BCUT2D eigenvalue weighted by atomic mass is 10.1. The molecule has 1 aromatic carbocycles. The normalized spacial score (nSPS) is 17.3. The highest BCUT2D eigenvalue weighted by Crippen LogP contribution is 2.23. The van der Waals surface area contributed by atoms with Crippen molar-refractivity contribution in [1.82, 2.24) is 19.6 Å². The molecule has 1 fully saturated rings. The van der Waals surface area contributed by atoms with Gasteiger partial charge in [-0.3, -0.25) is 4.79 Å². The van der Waals surface area contributed by atoms with E-state index in [1.165, 1.54) is 0 Å². The maximum atomic E-state index is 13.0. The van der Waals surface area contributed by atoms with Crippen molar-refractivity contribution < 1.29 is 4.79 Å². The molecule has 2 aromatic rings. The molecular formula is C20H27ClN4O. The van der Waals surface area contributed by atoms with Crippen LogP contribution in [0.3, 0.4) is 0 Å². The van der Waals surface area contributed by atoms with Crippen molar-refractivity contribution in [3.05, 3.63) is 46.7 Å². The molecule has 2 heterocycles. The number of rotatable bonds is 6. The van der Waals surface area contributed by atoms with Crippen LogP contribution in [0.2, 0.25) is 5.02 Å². The minimum Gasteiger partial charge on any atom is -0.337 e. The van der Waals surface area contributed by atoms with E-state index < -0.39 is 0 Å². The third-order valence-electron chi connectivity index (χ3n) is 4.95. The number of hydrogen-bond acceptors (Lipinski definition) is 3. The molecule has 1 aliphatic rings. The molecule has 0 spiro atoms. The second-order valence-electron chi connectivity index (χ2n) is 7.22. The van der Waals surface area contributed by atoms with Crippen molar-refractivity contribution in [3.63, 3.8) is 0 Å². The number of benzene rings is 1. The molecule has 0 aliphatic carbocycles. The van der Waals surface area contributed by atoms with Crippen LogP contribution in [0.15, 0.2) is 30.5 Å². The fourth-order valence-corrected chi connectivity index (χ4v) is 3.88. The molecule has 5 nitrogen and oxygen atoms in total. The Kier molecular flexibility index (Phi) is 5.99. The van der Waals surface area contributed by atoms with E-state index in [9.17, 15) is 4.79 Å². The maximum absolute atomic E-state index is 13.0. The summed E-state index contributed by atoms with van der Waals surface area (Å²) in [5, 5.41) is 5.15. The summed E-state index contributed by atoms with van der Waals surface area (Å²) in [7, 11) is 2.16. The number of carbonyl (C=O) groups excluding carboxylic acids is 1. The second-order valence-corrected chi connectivity index (χ2v) is 7.63. The summed E-state index contributed by atoms with van der Waals surface area (Å²) < 4.78 is 1.70. The van der Waals surface area contributed by atoms with E-state index in [0.717, 1.165) is 50.3 Å². The molecule has 0 N–H and O–H groups in total. The SMILES string of the molecule is CCCN(C)CC1CCN(C(=O)c2nn(-c3ccccc3Cl)cc2C)C1. The first-order chi connectivity index (χ1) is 12.5. The van der Waals surface area contributed by atoms with E-state index in [2.05, 4.69) is 24.0 Å². The number of para-hydroxylation sites is 1. The highest BCUT2D eigenvalue weighted by atomic mass is 35.5. The Labute approximate surface area is 160 Å². The van der Waals surface area contributed by atoms with Crippen LogP contribution < -0.4 is 0 Å². The van der Waals surface area contributed by atoms with Gasteiger partial charge in [0.2, 0.25) is 0 Å². The molecule has 3 rings (SSSR count). The van der Waals surface area contributed by atoms with E-state index in [1.54, 1.807) is 4.68 Å². The van der Waals surface area contributed by atoms with Gasteiger partial charge in [0.25, 0.3) is 5.91 Å². The monoisotopic (exact) mass is 374 g/mol. The number of carbonyl (C=O) groups is 1. The van der Waals surface area contributed by atoms with Crippen LogP contribution in [0.5, 0.6) is 0 Å². The van der Waals surface area contributed by atoms with Gasteiger partial charge >= 0.3 is 0 Å². The second kappa shape index (κ2) is 8.23. The Morgan fingerprint density at radius 3 is 2.88 bits per heavy atom. The minimum absolute atomic E-state index is 0.0222. The van der Waals surface area contributed by atoms with Gasteiger partial charge in [-0.25, -0.2) is 4.68 Å². The molecule has 0 bridgehead atoms. The number of likely N-dealkylation sites (tertiary alicyclic amines) is 1. The number of amides is 1. The third-order valence-corrected chi connectivity index (χ3v) is 5.27. The van der Waals surface area contributed by atoms with Crippen molar-refractivity contribution in [1.29, 1.82) is 0 Å². The standard InChI is InChI=1S/C20H27ClN4O/c1-4-10-23(3)13-16-9-11-24(14-16)20(26)19-15(2)12-25(22-19)18-8-6-5-7-17(18)21/h5-8,12,16H,4,9-11,13-14H2,1-3H3. The molecule has 1 unspecified atom stereocenters. The van der Waals surface area contributed by atoms with Gasteiger partial charge in [-0.15, -0.1) is 0 Å². The van der Waals surface area contributed by atoms with Gasteiger partial charge in [0.05, 0.1) is 10.7 Å². The summed E-state index contributed by atoms with van der Waals surface area (Å²) in [5.41, 5.74) is 2.19. The summed E-state index contributed by atoms with van der Waals surface area (Å²) in [5.74, 6) is 0.565. The summed E-state index contributed by atoms with van der Waals surface area (Å²) >= 11 is 6.26. The number of aromatic nitrogens is 2. The Morgan fingerprint density at radius 2 is 2.15 bits per heavy atom. The van der Waals surface area contributed by atoms with Crippen molar-refractivity contribution in [2.24, 2.45) is 5.92 Å². The Balaban J connectivity index is 1.70. The molecule has 1 atom stereocenters. The first-order valence-electron chi connectivity index (χ1n) is 9.28. The lowest BCUT2D eigenvalue weighted by molar-refractivity contribution is 0.0777. The molecule has 1 saturated heterocycles. The fraction of sp³-hybridized carbons (Fsp3) is 0.500. The molecule has 140 valence electrons. The molecule has 26 heavy (non-hydrogen) atoms. The van der Waals surface area contributed by atoms with Crippen molar-refractivity contribution in [3.8, 4) is 5.69 Å². The summed E-state index contributed by atoms with van der Waals surface area (Å²) in [6.45, 7) is 7.89. The number of hydrogen-bond donors (Lipinski definition) is 0. The first kappa shape index (κ1) is 18.9. The van der Waals surface area contributed by atoms with Gasteiger partial charge in [-0.05, 0) is 51.4 Å². The van der Waals surface area contributed by atoms with Gasteiger partial charge in [0.1, 0.15) is 0 Å². The van der Waals surface area contributed by atoms with Gasteiger partial charge in [-0.2, -0.15) is 5.10 Å². The van der Waals surface area contributed by atoms with Crippen LogP contribution >= 0.6 is 11.6 Å². The van der Waals surface area contributed by atoms with Crippen LogP contribution in [-0.4, -0.2) is 58.7 Å². The average molecular weight is 375 g/mol. The predicted molar refractivity (Wildman–Crippen MR) is 105 cm³/mol. The first-order valence-corrected chi connectivity index (χ1v) is 9.66. The lowest BCUT2D eigenvalue weighted by Gasteiger charge is -2.20. The smallest absolute Gasteiger partial charge is 0.274 e. The average Bonchev–Trinajstić information content (AvgIpc) is 3.22. The molecule has 1 aromatic heterocycles. The van der Waals surface area contributed by atoms with Gasteiger partial charge in [0, 0.05) is 31.4 Å². The highest BCUT2D eigenvalue weighted by molar-refractivity contribution is 6.32. The zero-order valence-corrected chi connectivity index (χ0v) is 16.5. The van der Waals surface area contributed by atoms with Crippen molar-refractivity contribution in [2.75, 3.05) is 33.2 Å². The van der Waals surface area contributed by atoms with E-state index in [-0.39, 0.29) is 5.91 Å². The van der Waals surface area contributed by atoms with E-state index >= 15 is 0 Å². The molecule has 1 aliphatic heterocycles. The molecule has 0 saturated carbocycles. The van der Waals surface area contributed by atoms with Crippen LogP contribution in [0.25, 0.3) is 5.69 Å². The van der Waals surface area contributed by atoms with Gasteiger partial charge in [0.15, 0.2) is 5.69 Å². The van der Waals surface area contributed by atoms with Crippen LogP contribution in [0.1, 0.15) is 35.8 Å². The largest absolute Gasteiger partial charge is 0.337 e. The Bertz CT molecular complexity index is 773. The maximum Gasteiger partial charge on any atom is 0.274 e. The number of halogens is 1. The Morgan fingerprint density at radius 1 is 1.38 bits per heavy atom. The summed E-state index contributed by atoms with van der Waals surface area (Å²) in [6, 6.07) is 7.53. The number of nitrogens with zero attached hydrogens (tertiary/aromatic N) is 4. The topological polar surface area (TPSA) is 41.4 Å². The van der Waals surface area contributed by atoms with Crippen LogP contribution in [0.4, 0.5) is 0 Å². The predicted octanol–water partition coefficient (Wildman–Crippen LogP) is 3.64. The van der Waals surface area contributed by atoms with E-state index in [1.807, 2.05) is 42.3 Å². The van der Waals surface area contributed by atoms with Gasteiger partial charge in [-0.1, -0.05) is 30.7 Å². The zero-order valence-electron chi connectivity index (χ0n) is 15.8. The molecule has 6 heteroatoms. The third kappa shape index (κ3) is 4.10. The molecule has 1 amide bonds. The van der Waals surface area contributed by atoms with Crippen LogP contribution in [0, 0.1) is 12.8 Å². The van der Waals surface area contributed by atoms with Crippen molar-refractivity contribution >= 4 is 17.5 Å². The van der Waals surface area contributed by atoms with Gasteiger partial charge < -0.3 is 9.80 Å². The molecular weight excluding hydrogens is 348 g/mol. The summed E-state index contributed by atoms with van der Waals surface area (Å²) in [6.07, 6.45) is 4.09. The van der Waals surface area contributed by atoms with E-state index in [4.69, 9.17) is 11.6 Å². The summed E-state index contributed by atoms with van der Waals surface area (Å²) in [4.78, 5) is 17.3. The Hall–Kier alpha value is -1.85. The minimum atomic E-state index is 0.0222.